The average molecular weight is 241 g/mol. The Balaban J connectivity index is 2.21. The fourth-order valence-electron chi connectivity index (χ4n) is 2.22. The first-order valence-electron chi connectivity index (χ1n) is 6.54. The van der Waals surface area contributed by atoms with Crippen molar-refractivity contribution in [1.29, 1.82) is 0 Å². The number of carbonyl (C=O) groups excluding carboxylic acids is 2. The topological polar surface area (TPSA) is 46.6 Å². The normalized spacial score (nSPS) is 19.8. The lowest BCUT2D eigenvalue weighted by Gasteiger charge is -2.15. The molecule has 0 radical (unpaired) electrons. The van der Waals surface area contributed by atoms with Gasteiger partial charge in [0, 0.05) is 19.5 Å². The molecule has 1 rings (SSSR count). The molecular formula is C13H23NO3. The van der Waals surface area contributed by atoms with Crippen LogP contribution in [0.25, 0.3) is 0 Å². The van der Waals surface area contributed by atoms with Crippen molar-refractivity contribution in [3.8, 4) is 0 Å². The number of likely N-dealkylation sites (tertiary alicyclic amines) is 1. The van der Waals surface area contributed by atoms with Crippen molar-refractivity contribution in [2.75, 3.05) is 20.2 Å². The molecule has 0 saturated carbocycles. The van der Waals surface area contributed by atoms with Crippen LogP contribution >= 0.6 is 0 Å². The van der Waals surface area contributed by atoms with E-state index in [1.54, 1.807) is 4.90 Å². The van der Waals surface area contributed by atoms with Gasteiger partial charge in [0.1, 0.15) is 0 Å². The molecular weight excluding hydrogens is 218 g/mol. The summed E-state index contributed by atoms with van der Waals surface area (Å²) in [5.41, 5.74) is 0. The summed E-state index contributed by atoms with van der Waals surface area (Å²) >= 11 is 0. The predicted octanol–water partition coefficient (Wildman–Crippen LogP) is 1.98. The summed E-state index contributed by atoms with van der Waals surface area (Å²) in [5, 5.41) is 0. The minimum atomic E-state index is -0.258. The Hall–Kier alpha value is -1.06. The average Bonchev–Trinajstić information content (AvgIpc) is 2.70. The largest absolute Gasteiger partial charge is 0.469 e. The lowest BCUT2D eigenvalue weighted by atomic mass is 10.1. The van der Waals surface area contributed by atoms with E-state index < -0.39 is 0 Å². The molecule has 0 aromatic carbocycles. The van der Waals surface area contributed by atoms with E-state index >= 15 is 0 Å². The van der Waals surface area contributed by atoms with E-state index in [-0.39, 0.29) is 17.8 Å². The smallest absolute Gasteiger partial charge is 0.310 e. The zero-order valence-electron chi connectivity index (χ0n) is 10.9. The number of unbranched alkanes of at least 4 members (excludes halogenated alkanes) is 4. The van der Waals surface area contributed by atoms with Gasteiger partial charge in [-0.15, -0.1) is 0 Å². The molecule has 1 heterocycles. The number of esters is 1. The summed E-state index contributed by atoms with van der Waals surface area (Å²) in [6, 6.07) is 0. The molecule has 1 fully saturated rings. The molecule has 0 aliphatic carbocycles. The van der Waals surface area contributed by atoms with Crippen molar-refractivity contribution < 1.29 is 14.3 Å². The third kappa shape index (κ3) is 4.36. The summed E-state index contributed by atoms with van der Waals surface area (Å²) in [5.74, 6) is -0.411. The van der Waals surface area contributed by atoms with Crippen LogP contribution in [0.3, 0.4) is 0 Å². The number of carbonyl (C=O) groups is 2. The number of nitrogens with zero attached hydrogens (tertiary/aromatic N) is 1. The van der Waals surface area contributed by atoms with E-state index in [1.807, 2.05) is 0 Å². The first-order valence-corrected chi connectivity index (χ1v) is 6.54. The Morgan fingerprint density at radius 2 is 2.06 bits per heavy atom. The summed E-state index contributed by atoms with van der Waals surface area (Å²) in [7, 11) is 1.38. The second-order valence-corrected chi connectivity index (χ2v) is 4.68. The lowest BCUT2D eigenvalue weighted by molar-refractivity contribution is -0.145. The fourth-order valence-corrected chi connectivity index (χ4v) is 2.22. The number of hydrogen-bond acceptors (Lipinski definition) is 3. The first kappa shape index (κ1) is 14.0. The van der Waals surface area contributed by atoms with Crippen LogP contribution in [0.1, 0.15) is 45.4 Å². The Labute approximate surface area is 103 Å². The van der Waals surface area contributed by atoms with Gasteiger partial charge in [-0.2, -0.15) is 0 Å². The first-order chi connectivity index (χ1) is 8.19. The van der Waals surface area contributed by atoms with Gasteiger partial charge >= 0.3 is 5.97 Å². The highest BCUT2D eigenvalue weighted by molar-refractivity contribution is 5.86. The highest BCUT2D eigenvalue weighted by Crippen LogP contribution is 2.19. The van der Waals surface area contributed by atoms with Crippen LogP contribution in [0.4, 0.5) is 0 Å². The van der Waals surface area contributed by atoms with E-state index in [0.29, 0.717) is 13.0 Å². The summed E-state index contributed by atoms with van der Waals surface area (Å²) in [6.07, 6.45) is 6.26. The summed E-state index contributed by atoms with van der Waals surface area (Å²) < 4.78 is 4.67. The van der Waals surface area contributed by atoms with E-state index in [1.165, 1.54) is 32.8 Å². The van der Waals surface area contributed by atoms with Crippen LogP contribution in [-0.4, -0.2) is 37.0 Å². The maximum absolute atomic E-state index is 11.6. The van der Waals surface area contributed by atoms with E-state index in [0.717, 1.165) is 13.0 Å². The lowest BCUT2D eigenvalue weighted by Crippen LogP contribution is -2.27. The van der Waals surface area contributed by atoms with Crippen molar-refractivity contribution >= 4 is 11.9 Å². The predicted molar refractivity (Wildman–Crippen MR) is 65.5 cm³/mol. The molecule has 98 valence electrons. The minimum Gasteiger partial charge on any atom is -0.469 e. The molecule has 0 bridgehead atoms. The van der Waals surface area contributed by atoms with Gasteiger partial charge in [0.15, 0.2) is 0 Å². The van der Waals surface area contributed by atoms with Gasteiger partial charge in [-0.05, 0) is 6.42 Å². The Bertz CT molecular complexity index is 265. The van der Waals surface area contributed by atoms with E-state index in [4.69, 9.17) is 0 Å². The van der Waals surface area contributed by atoms with Gasteiger partial charge in [-0.25, -0.2) is 0 Å². The van der Waals surface area contributed by atoms with Gasteiger partial charge in [-0.1, -0.05) is 32.6 Å². The maximum Gasteiger partial charge on any atom is 0.310 e. The number of hydrogen-bond donors (Lipinski definition) is 0. The van der Waals surface area contributed by atoms with Crippen LogP contribution in [0, 0.1) is 5.92 Å². The summed E-state index contributed by atoms with van der Waals surface area (Å²) in [4.78, 5) is 24.8. The monoisotopic (exact) mass is 241 g/mol. The Kier molecular flexibility index (Phi) is 6.01. The number of rotatable bonds is 7. The SMILES string of the molecule is CCCCCCCN1CC(C(=O)OC)CC1=O. The Morgan fingerprint density at radius 3 is 2.71 bits per heavy atom. The van der Waals surface area contributed by atoms with Crippen molar-refractivity contribution in [2.45, 2.75) is 45.4 Å². The molecule has 0 N–H and O–H groups in total. The zero-order valence-corrected chi connectivity index (χ0v) is 10.9. The van der Waals surface area contributed by atoms with Crippen molar-refractivity contribution in [1.82, 2.24) is 4.90 Å². The molecule has 4 nitrogen and oxygen atoms in total. The standard InChI is InChI=1S/C13H23NO3/c1-3-4-5-6-7-8-14-10-11(9-12(14)15)13(16)17-2/h11H,3-10H2,1-2H3. The van der Waals surface area contributed by atoms with Crippen LogP contribution in [0.5, 0.6) is 0 Å². The molecule has 1 aliphatic rings. The van der Waals surface area contributed by atoms with Crippen molar-refractivity contribution in [3.05, 3.63) is 0 Å². The van der Waals surface area contributed by atoms with Gasteiger partial charge in [0.05, 0.1) is 13.0 Å². The molecule has 1 unspecified atom stereocenters. The van der Waals surface area contributed by atoms with Crippen LogP contribution in [0.15, 0.2) is 0 Å². The number of methoxy groups -OCH3 is 1. The van der Waals surface area contributed by atoms with Gasteiger partial charge < -0.3 is 9.64 Å². The molecule has 1 saturated heterocycles. The van der Waals surface area contributed by atoms with Gasteiger partial charge in [0.25, 0.3) is 0 Å². The quantitative estimate of drug-likeness (QED) is 0.506. The second kappa shape index (κ2) is 7.30. The molecule has 1 atom stereocenters. The van der Waals surface area contributed by atoms with E-state index in [9.17, 15) is 9.59 Å². The Morgan fingerprint density at radius 1 is 1.35 bits per heavy atom. The summed E-state index contributed by atoms with van der Waals surface area (Å²) in [6.45, 7) is 3.51. The third-order valence-corrected chi connectivity index (χ3v) is 3.28. The van der Waals surface area contributed by atoms with E-state index in [2.05, 4.69) is 11.7 Å². The second-order valence-electron chi connectivity index (χ2n) is 4.68. The molecule has 1 aliphatic heterocycles. The molecule has 4 heteroatoms. The molecule has 0 spiro atoms. The van der Waals surface area contributed by atoms with Crippen LogP contribution in [-0.2, 0) is 14.3 Å². The minimum absolute atomic E-state index is 0.0934. The van der Waals surface area contributed by atoms with Crippen molar-refractivity contribution in [2.24, 2.45) is 5.92 Å². The third-order valence-electron chi connectivity index (χ3n) is 3.28. The molecule has 0 aromatic heterocycles. The zero-order chi connectivity index (χ0) is 12.7. The van der Waals surface area contributed by atoms with Crippen LogP contribution < -0.4 is 0 Å². The fraction of sp³-hybridized carbons (Fsp3) is 0.846. The maximum atomic E-state index is 11.6. The number of ether oxygens (including phenoxy) is 1. The highest BCUT2D eigenvalue weighted by Gasteiger charge is 2.34. The molecule has 0 aromatic rings. The molecule has 1 amide bonds. The molecule has 17 heavy (non-hydrogen) atoms. The van der Waals surface area contributed by atoms with Crippen molar-refractivity contribution in [3.63, 3.8) is 0 Å². The van der Waals surface area contributed by atoms with Crippen LogP contribution in [0.2, 0.25) is 0 Å². The van der Waals surface area contributed by atoms with Gasteiger partial charge in [-0.3, -0.25) is 9.59 Å². The highest BCUT2D eigenvalue weighted by atomic mass is 16.5. The van der Waals surface area contributed by atoms with Gasteiger partial charge in [0.2, 0.25) is 5.91 Å². The number of amides is 1.